The molecule has 0 unspecified atom stereocenters. The van der Waals surface area contributed by atoms with Crippen molar-refractivity contribution in [3.8, 4) is 11.3 Å². The van der Waals surface area contributed by atoms with Crippen LogP contribution in [0.5, 0.6) is 0 Å². The first kappa shape index (κ1) is 26.3. The molecular weight excluding hydrogens is 484 g/mol. The number of carboxylic acid groups (broad SMARTS) is 1. The summed E-state index contributed by atoms with van der Waals surface area (Å²) in [6.07, 6.45) is 10.4. The number of carbonyl (C=O) groups is 2. The Morgan fingerprint density at radius 2 is 1.78 bits per heavy atom. The predicted molar refractivity (Wildman–Crippen MR) is 148 cm³/mol. The molecule has 5 nitrogen and oxygen atoms in total. The molecular formula is C31H41ClN2O3. The summed E-state index contributed by atoms with van der Waals surface area (Å²) in [5.41, 5.74) is 6.41. The number of rotatable bonds is 7. The number of halogens is 1. The van der Waals surface area contributed by atoms with Gasteiger partial charge in [0.25, 0.3) is 5.91 Å². The van der Waals surface area contributed by atoms with E-state index in [-0.39, 0.29) is 28.7 Å². The van der Waals surface area contributed by atoms with Crippen LogP contribution in [0, 0.1) is 11.8 Å². The van der Waals surface area contributed by atoms with E-state index in [2.05, 4.69) is 56.2 Å². The molecule has 1 heterocycles. The fourth-order valence-electron chi connectivity index (χ4n) is 6.01. The minimum Gasteiger partial charge on any atom is -0.481 e. The van der Waals surface area contributed by atoms with Crippen LogP contribution in [0.1, 0.15) is 113 Å². The van der Waals surface area contributed by atoms with E-state index in [0.29, 0.717) is 29.5 Å². The van der Waals surface area contributed by atoms with Gasteiger partial charge in [0.2, 0.25) is 0 Å². The van der Waals surface area contributed by atoms with Crippen molar-refractivity contribution < 1.29 is 14.7 Å². The van der Waals surface area contributed by atoms with Crippen LogP contribution in [0.4, 0.5) is 0 Å². The number of nitrogens with one attached hydrogen (secondary N) is 2. The zero-order chi connectivity index (χ0) is 26.5. The molecule has 5 rings (SSSR count). The van der Waals surface area contributed by atoms with E-state index in [4.69, 9.17) is 11.6 Å². The number of H-pyrrole nitrogens is 1. The Kier molecular flexibility index (Phi) is 6.97. The second-order valence-corrected chi connectivity index (χ2v) is 13.5. The summed E-state index contributed by atoms with van der Waals surface area (Å²) in [5, 5.41) is 12.7. The number of carboxylic acids is 1. The van der Waals surface area contributed by atoms with Crippen molar-refractivity contribution in [3.05, 3.63) is 45.6 Å². The minimum atomic E-state index is -0.792. The third-order valence-electron chi connectivity index (χ3n) is 9.09. The Morgan fingerprint density at radius 1 is 1.11 bits per heavy atom. The van der Waals surface area contributed by atoms with Gasteiger partial charge >= 0.3 is 5.97 Å². The maximum atomic E-state index is 13.3. The van der Waals surface area contributed by atoms with Crippen molar-refractivity contribution in [3.63, 3.8) is 0 Å². The molecule has 2 aromatic rings. The molecule has 0 bridgehead atoms. The minimum absolute atomic E-state index is 0.00103. The van der Waals surface area contributed by atoms with Gasteiger partial charge in [0.1, 0.15) is 5.69 Å². The Bertz CT molecular complexity index is 1170. The molecule has 1 amide bonds. The van der Waals surface area contributed by atoms with Gasteiger partial charge < -0.3 is 15.4 Å². The number of carbonyl (C=O) groups excluding carboxylic acids is 1. The van der Waals surface area contributed by atoms with Crippen molar-refractivity contribution in [1.82, 2.24) is 10.3 Å². The summed E-state index contributed by atoms with van der Waals surface area (Å²) in [6.45, 7) is 9.08. The van der Waals surface area contributed by atoms with Crippen molar-refractivity contribution in [2.75, 3.05) is 0 Å². The second kappa shape index (κ2) is 9.80. The zero-order valence-electron chi connectivity index (χ0n) is 22.7. The van der Waals surface area contributed by atoms with E-state index in [1.165, 1.54) is 56.1 Å². The molecule has 3 saturated carbocycles. The standard InChI is InChI=1S/C31H41ClN2O3/c1-30(2,3)21-13-19(14-22(17-21)31(4)10-11-31)26-24(12-18-8-6-5-7-9-18)25(32)27(34-26)28(35)33-23-15-20(16-23)29(36)37/h13-14,17-18,20,23,34H,5-12,15-16H2,1-4H3,(H,33,35)(H,36,37)/t20-,23-. The first-order chi connectivity index (χ1) is 17.4. The van der Waals surface area contributed by atoms with E-state index in [9.17, 15) is 14.7 Å². The molecule has 3 N–H and O–H groups in total. The van der Waals surface area contributed by atoms with Gasteiger partial charge in [0.15, 0.2) is 0 Å². The molecule has 3 aliphatic rings. The molecule has 3 aliphatic carbocycles. The van der Waals surface area contributed by atoms with Crippen LogP contribution in [-0.2, 0) is 22.0 Å². The maximum Gasteiger partial charge on any atom is 0.306 e. The number of aromatic nitrogens is 1. The van der Waals surface area contributed by atoms with Crippen LogP contribution in [0.15, 0.2) is 18.2 Å². The molecule has 0 spiro atoms. The smallest absolute Gasteiger partial charge is 0.306 e. The number of hydrogen-bond acceptors (Lipinski definition) is 2. The van der Waals surface area contributed by atoms with Crippen molar-refractivity contribution in [2.45, 2.75) is 109 Å². The van der Waals surface area contributed by atoms with Gasteiger partial charge in [-0.3, -0.25) is 9.59 Å². The van der Waals surface area contributed by atoms with Crippen LogP contribution < -0.4 is 5.32 Å². The number of amides is 1. The highest BCUT2D eigenvalue weighted by atomic mass is 35.5. The lowest BCUT2D eigenvalue weighted by atomic mass is 9.80. The highest BCUT2D eigenvalue weighted by molar-refractivity contribution is 6.35. The Hall–Kier alpha value is -2.27. The maximum absolute atomic E-state index is 13.3. The lowest BCUT2D eigenvalue weighted by Crippen LogP contribution is -2.46. The third kappa shape index (κ3) is 5.48. The summed E-state index contributed by atoms with van der Waals surface area (Å²) in [7, 11) is 0. The van der Waals surface area contributed by atoms with Gasteiger partial charge in [-0.2, -0.15) is 0 Å². The average molecular weight is 525 g/mol. The van der Waals surface area contributed by atoms with Gasteiger partial charge in [0.05, 0.1) is 16.6 Å². The Labute approximate surface area is 225 Å². The van der Waals surface area contributed by atoms with Crippen LogP contribution >= 0.6 is 11.6 Å². The molecule has 0 saturated heterocycles. The van der Waals surface area contributed by atoms with Gasteiger partial charge in [-0.05, 0) is 83.2 Å². The van der Waals surface area contributed by atoms with E-state index in [0.717, 1.165) is 23.2 Å². The topological polar surface area (TPSA) is 82.2 Å². The molecule has 0 radical (unpaired) electrons. The molecule has 1 aromatic carbocycles. The first-order valence-corrected chi connectivity index (χ1v) is 14.4. The predicted octanol–water partition coefficient (Wildman–Crippen LogP) is 7.40. The normalized spacial score (nSPS) is 23.4. The summed E-state index contributed by atoms with van der Waals surface area (Å²) in [6, 6.07) is 6.82. The summed E-state index contributed by atoms with van der Waals surface area (Å²) in [5.74, 6) is -0.828. The lowest BCUT2D eigenvalue weighted by molar-refractivity contribution is -0.145. The number of benzene rings is 1. The van der Waals surface area contributed by atoms with Crippen LogP contribution in [0.3, 0.4) is 0 Å². The van der Waals surface area contributed by atoms with Crippen LogP contribution in [0.2, 0.25) is 5.02 Å². The third-order valence-corrected chi connectivity index (χ3v) is 9.51. The fraction of sp³-hybridized carbons (Fsp3) is 0.613. The molecule has 200 valence electrons. The molecule has 3 fully saturated rings. The quantitative estimate of drug-likeness (QED) is 0.353. The summed E-state index contributed by atoms with van der Waals surface area (Å²) >= 11 is 7.00. The van der Waals surface area contributed by atoms with E-state index in [1.54, 1.807) is 0 Å². The Morgan fingerprint density at radius 3 is 2.38 bits per heavy atom. The number of hydrogen-bond donors (Lipinski definition) is 3. The zero-order valence-corrected chi connectivity index (χ0v) is 23.4. The largest absolute Gasteiger partial charge is 0.481 e. The highest BCUT2D eigenvalue weighted by Crippen LogP contribution is 2.50. The fourth-order valence-corrected chi connectivity index (χ4v) is 6.32. The monoisotopic (exact) mass is 524 g/mol. The number of aromatic amines is 1. The molecule has 1 aromatic heterocycles. The van der Waals surface area contributed by atoms with Crippen molar-refractivity contribution >= 4 is 23.5 Å². The molecule has 0 atom stereocenters. The molecule has 6 heteroatoms. The molecule has 0 aliphatic heterocycles. The van der Waals surface area contributed by atoms with E-state index in [1.807, 2.05) is 0 Å². The summed E-state index contributed by atoms with van der Waals surface area (Å²) < 4.78 is 0. The van der Waals surface area contributed by atoms with Gasteiger partial charge in [-0.15, -0.1) is 0 Å². The van der Waals surface area contributed by atoms with Gasteiger partial charge in [-0.25, -0.2) is 0 Å². The SMILES string of the molecule is CC(C)(C)c1cc(-c2[nH]c(C(=O)N[C@H]3C[C@H](C(=O)O)C3)c(Cl)c2CC2CCCCC2)cc(C2(C)CC2)c1. The van der Waals surface area contributed by atoms with Crippen molar-refractivity contribution in [1.29, 1.82) is 0 Å². The first-order valence-electron chi connectivity index (χ1n) is 14.0. The van der Waals surface area contributed by atoms with Gasteiger partial charge in [0, 0.05) is 6.04 Å². The van der Waals surface area contributed by atoms with Crippen LogP contribution in [0.25, 0.3) is 11.3 Å². The van der Waals surface area contributed by atoms with E-state index >= 15 is 0 Å². The lowest BCUT2D eigenvalue weighted by Gasteiger charge is -2.32. The van der Waals surface area contributed by atoms with Crippen LogP contribution in [-0.4, -0.2) is 28.0 Å². The molecule has 37 heavy (non-hydrogen) atoms. The highest BCUT2D eigenvalue weighted by Gasteiger charge is 2.40. The summed E-state index contributed by atoms with van der Waals surface area (Å²) in [4.78, 5) is 28.0. The van der Waals surface area contributed by atoms with E-state index < -0.39 is 5.97 Å². The number of aliphatic carboxylic acids is 1. The van der Waals surface area contributed by atoms with Gasteiger partial charge in [-0.1, -0.05) is 77.5 Å². The van der Waals surface area contributed by atoms with Crippen molar-refractivity contribution in [2.24, 2.45) is 11.8 Å². The Balaban J connectivity index is 1.52. The second-order valence-electron chi connectivity index (χ2n) is 13.2. The average Bonchev–Trinajstić information content (AvgIpc) is 3.50.